The summed E-state index contributed by atoms with van der Waals surface area (Å²) in [5, 5.41) is 4.50. The van der Waals surface area contributed by atoms with Gasteiger partial charge in [-0.1, -0.05) is 28.9 Å². The normalized spacial score (nSPS) is 10.8. The van der Waals surface area contributed by atoms with Crippen molar-refractivity contribution in [3.05, 3.63) is 47.4 Å². The lowest BCUT2D eigenvalue weighted by molar-refractivity contribution is 0.435. The first-order valence-electron chi connectivity index (χ1n) is 5.72. The molecule has 4 nitrogen and oxygen atoms in total. The van der Waals surface area contributed by atoms with E-state index in [9.17, 15) is 0 Å². The number of anilines is 1. The fourth-order valence-electron chi connectivity index (χ4n) is 1.96. The molecule has 3 aromatic rings. The maximum absolute atomic E-state index is 5.89. The molecule has 0 aliphatic heterocycles. The van der Waals surface area contributed by atoms with Crippen molar-refractivity contribution < 1.29 is 8.94 Å². The standard InChI is InChI=1S/C14H11ClN2O2/c1-8-6-10(7-18-8)13-12(14(16)17-19-13)9-2-4-11(15)5-3-9/h2-7H,1H3,(H2,16,17). The first kappa shape index (κ1) is 11.9. The van der Waals surface area contributed by atoms with E-state index < -0.39 is 0 Å². The molecule has 0 amide bonds. The molecule has 0 aliphatic rings. The van der Waals surface area contributed by atoms with Crippen LogP contribution in [0.2, 0.25) is 5.02 Å². The summed E-state index contributed by atoms with van der Waals surface area (Å²) >= 11 is 5.89. The van der Waals surface area contributed by atoms with Crippen LogP contribution in [0, 0.1) is 6.92 Å². The number of aromatic nitrogens is 1. The number of rotatable bonds is 2. The van der Waals surface area contributed by atoms with Crippen molar-refractivity contribution in [1.82, 2.24) is 5.16 Å². The van der Waals surface area contributed by atoms with Gasteiger partial charge >= 0.3 is 0 Å². The van der Waals surface area contributed by atoms with Gasteiger partial charge in [0, 0.05) is 5.02 Å². The molecule has 19 heavy (non-hydrogen) atoms. The monoisotopic (exact) mass is 274 g/mol. The molecule has 0 bridgehead atoms. The van der Waals surface area contributed by atoms with Crippen molar-refractivity contribution in [3.63, 3.8) is 0 Å². The molecular formula is C14H11ClN2O2. The number of nitrogen functional groups attached to an aromatic ring is 1. The summed E-state index contributed by atoms with van der Waals surface area (Å²) < 4.78 is 10.6. The second-order valence-electron chi connectivity index (χ2n) is 4.22. The zero-order chi connectivity index (χ0) is 13.4. The van der Waals surface area contributed by atoms with Crippen LogP contribution in [-0.2, 0) is 0 Å². The minimum Gasteiger partial charge on any atom is -0.469 e. The Morgan fingerprint density at radius 3 is 2.53 bits per heavy atom. The molecule has 0 atom stereocenters. The molecule has 1 aromatic carbocycles. The first-order chi connectivity index (χ1) is 9.15. The highest BCUT2D eigenvalue weighted by atomic mass is 35.5. The van der Waals surface area contributed by atoms with Gasteiger partial charge in [0.05, 0.1) is 11.1 Å². The highest BCUT2D eigenvalue weighted by Crippen LogP contribution is 2.37. The third-order valence-corrected chi connectivity index (χ3v) is 3.10. The van der Waals surface area contributed by atoms with E-state index in [4.69, 9.17) is 26.3 Å². The van der Waals surface area contributed by atoms with Crippen LogP contribution in [-0.4, -0.2) is 5.16 Å². The first-order valence-corrected chi connectivity index (χ1v) is 6.09. The molecule has 3 rings (SSSR count). The Morgan fingerprint density at radius 2 is 1.89 bits per heavy atom. The van der Waals surface area contributed by atoms with Crippen LogP contribution in [0.25, 0.3) is 22.5 Å². The summed E-state index contributed by atoms with van der Waals surface area (Å²) in [4.78, 5) is 0. The van der Waals surface area contributed by atoms with Crippen molar-refractivity contribution in [2.75, 3.05) is 5.73 Å². The minimum absolute atomic E-state index is 0.344. The third-order valence-electron chi connectivity index (χ3n) is 2.84. The van der Waals surface area contributed by atoms with Gasteiger partial charge in [-0.05, 0) is 30.7 Å². The van der Waals surface area contributed by atoms with Crippen LogP contribution < -0.4 is 5.73 Å². The van der Waals surface area contributed by atoms with Crippen LogP contribution in [0.15, 0.2) is 45.5 Å². The maximum atomic E-state index is 5.89. The van der Waals surface area contributed by atoms with Crippen LogP contribution in [0.5, 0.6) is 0 Å². The molecule has 2 N–H and O–H groups in total. The summed E-state index contributed by atoms with van der Waals surface area (Å²) in [6, 6.07) is 9.23. The summed E-state index contributed by atoms with van der Waals surface area (Å²) in [7, 11) is 0. The molecule has 0 spiro atoms. The van der Waals surface area contributed by atoms with Crippen molar-refractivity contribution in [3.8, 4) is 22.5 Å². The molecule has 5 heteroatoms. The number of furan rings is 1. The fourth-order valence-corrected chi connectivity index (χ4v) is 2.08. The third kappa shape index (κ3) is 2.11. The highest BCUT2D eigenvalue weighted by molar-refractivity contribution is 6.30. The molecule has 0 radical (unpaired) electrons. The molecule has 0 fully saturated rings. The van der Waals surface area contributed by atoms with Crippen molar-refractivity contribution >= 4 is 17.4 Å². The average Bonchev–Trinajstić information content (AvgIpc) is 2.97. The lowest BCUT2D eigenvalue weighted by Crippen LogP contribution is -1.88. The Balaban J connectivity index is 2.16. The van der Waals surface area contributed by atoms with E-state index in [1.165, 1.54) is 0 Å². The number of nitrogens with two attached hydrogens (primary N) is 1. The van der Waals surface area contributed by atoms with E-state index in [0.717, 1.165) is 22.5 Å². The van der Waals surface area contributed by atoms with Crippen LogP contribution >= 0.6 is 11.6 Å². The molecule has 96 valence electrons. The van der Waals surface area contributed by atoms with Gasteiger partial charge in [0.1, 0.15) is 12.0 Å². The highest BCUT2D eigenvalue weighted by Gasteiger charge is 2.18. The van der Waals surface area contributed by atoms with Crippen molar-refractivity contribution in [2.45, 2.75) is 6.92 Å². The molecular weight excluding hydrogens is 264 g/mol. The van der Waals surface area contributed by atoms with E-state index >= 15 is 0 Å². The molecule has 0 unspecified atom stereocenters. The Morgan fingerprint density at radius 1 is 1.16 bits per heavy atom. The van der Waals surface area contributed by atoms with Gasteiger partial charge in [-0.25, -0.2) is 0 Å². The summed E-state index contributed by atoms with van der Waals surface area (Å²) in [6.45, 7) is 1.87. The van der Waals surface area contributed by atoms with E-state index in [2.05, 4.69) is 5.16 Å². The fraction of sp³-hybridized carbons (Fsp3) is 0.0714. The van der Waals surface area contributed by atoms with E-state index in [-0.39, 0.29) is 0 Å². The molecule has 2 heterocycles. The summed E-state index contributed by atoms with van der Waals surface area (Å²) in [6.07, 6.45) is 1.62. The van der Waals surface area contributed by atoms with Gasteiger partial charge in [-0.2, -0.15) is 0 Å². The van der Waals surface area contributed by atoms with Gasteiger partial charge in [0.15, 0.2) is 11.6 Å². The predicted octanol–water partition coefficient (Wildman–Crippen LogP) is 4.15. The lowest BCUT2D eigenvalue weighted by atomic mass is 10.0. The second-order valence-corrected chi connectivity index (χ2v) is 4.66. The molecule has 0 saturated carbocycles. The molecule has 0 aliphatic carbocycles. The Labute approximate surface area is 114 Å². The van der Waals surface area contributed by atoms with Gasteiger partial charge in [0.25, 0.3) is 0 Å². The molecule has 2 aromatic heterocycles. The van der Waals surface area contributed by atoms with Gasteiger partial charge in [-0.3, -0.25) is 0 Å². The summed E-state index contributed by atoms with van der Waals surface area (Å²) in [5.74, 6) is 1.74. The average molecular weight is 275 g/mol. The Hall–Kier alpha value is -2.20. The number of benzene rings is 1. The van der Waals surface area contributed by atoms with E-state index in [1.54, 1.807) is 18.4 Å². The largest absolute Gasteiger partial charge is 0.469 e. The van der Waals surface area contributed by atoms with Gasteiger partial charge in [0.2, 0.25) is 0 Å². The van der Waals surface area contributed by atoms with E-state index in [0.29, 0.717) is 16.6 Å². The van der Waals surface area contributed by atoms with Crippen LogP contribution in [0.3, 0.4) is 0 Å². The zero-order valence-corrected chi connectivity index (χ0v) is 10.9. The second kappa shape index (κ2) is 4.48. The maximum Gasteiger partial charge on any atom is 0.180 e. The number of hydrogen-bond donors (Lipinski definition) is 1. The Bertz CT molecular complexity index is 713. The minimum atomic E-state index is 0.344. The lowest BCUT2D eigenvalue weighted by Gasteiger charge is -2.01. The number of nitrogens with zero attached hydrogens (tertiary/aromatic N) is 1. The van der Waals surface area contributed by atoms with E-state index in [1.807, 2.05) is 25.1 Å². The number of aryl methyl sites for hydroxylation is 1. The van der Waals surface area contributed by atoms with Gasteiger partial charge in [-0.15, -0.1) is 0 Å². The number of hydrogen-bond acceptors (Lipinski definition) is 4. The van der Waals surface area contributed by atoms with Crippen LogP contribution in [0.1, 0.15) is 5.76 Å². The smallest absolute Gasteiger partial charge is 0.180 e. The van der Waals surface area contributed by atoms with Crippen molar-refractivity contribution in [1.29, 1.82) is 0 Å². The van der Waals surface area contributed by atoms with Crippen LogP contribution in [0.4, 0.5) is 5.82 Å². The quantitative estimate of drug-likeness (QED) is 0.762. The van der Waals surface area contributed by atoms with Gasteiger partial charge < -0.3 is 14.7 Å². The SMILES string of the molecule is Cc1cc(-c2onc(N)c2-c2ccc(Cl)cc2)co1. The Kier molecular flexibility index (Phi) is 2.80. The molecule has 0 saturated heterocycles. The van der Waals surface area contributed by atoms with Crippen molar-refractivity contribution in [2.24, 2.45) is 0 Å². The number of halogens is 1. The zero-order valence-electron chi connectivity index (χ0n) is 10.2. The summed E-state index contributed by atoms with van der Waals surface area (Å²) in [5.41, 5.74) is 8.35. The predicted molar refractivity (Wildman–Crippen MR) is 73.8 cm³/mol. The topological polar surface area (TPSA) is 65.2 Å².